The minimum absolute atomic E-state index is 0.00783. The van der Waals surface area contributed by atoms with Gasteiger partial charge in [-0.3, -0.25) is 4.79 Å². The molecule has 1 fully saturated rings. The zero-order valence-corrected chi connectivity index (χ0v) is 25.8. The Morgan fingerprint density at radius 2 is 1.71 bits per heavy atom. The average molecular weight is 591 g/mol. The van der Waals surface area contributed by atoms with Gasteiger partial charge in [0.1, 0.15) is 5.69 Å². The number of carbonyl (C=O) groups excluding carboxylic acids is 1. The summed E-state index contributed by atoms with van der Waals surface area (Å²) < 4.78 is 33.3. The highest BCUT2D eigenvalue weighted by Gasteiger charge is 2.25. The Hall–Kier alpha value is -3.96. The van der Waals surface area contributed by atoms with Crippen LogP contribution in [-0.2, 0) is 14.8 Å². The van der Waals surface area contributed by atoms with Crippen molar-refractivity contribution in [2.45, 2.75) is 38.6 Å². The molecule has 3 heterocycles. The van der Waals surface area contributed by atoms with Crippen molar-refractivity contribution in [3.63, 3.8) is 0 Å². The van der Waals surface area contributed by atoms with E-state index in [1.165, 1.54) is 0 Å². The van der Waals surface area contributed by atoms with Gasteiger partial charge in [-0.05, 0) is 66.3 Å². The molecule has 10 nitrogen and oxygen atoms in total. The first-order valence-electron chi connectivity index (χ1n) is 14.1. The van der Waals surface area contributed by atoms with Crippen molar-refractivity contribution < 1.29 is 17.9 Å². The Morgan fingerprint density at radius 3 is 2.33 bits per heavy atom. The maximum Gasteiger partial charge on any atom is 0.283 e. The molecular weight excluding hydrogens is 552 g/mol. The molecule has 2 aromatic heterocycles. The smallest absolute Gasteiger partial charge is 0.283 e. The third kappa shape index (κ3) is 6.12. The van der Waals surface area contributed by atoms with Crippen molar-refractivity contribution in [3.05, 3.63) is 66.0 Å². The van der Waals surface area contributed by atoms with Crippen LogP contribution in [0.1, 0.15) is 48.8 Å². The number of carbonyl (C=O) groups is 1. The Kier molecular flexibility index (Phi) is 8.25. The number of sulfonamides is 1. The summed E-state index contributed by atoms with van der Waals surface area (Å²) in [4.78, 5) is 22.1. The van der Waals surface area contributed by atoms with Gasteiger partial charge in [-0.25, -0.2) is 22.8 Å². The number of nitrogens with one attached hydrogen (secondary N) is 1. The van der Waals surface area contributed by atoms with E-state index in [4.69, 9.17) is 14.8 Å². The lowest BCUT2D eigenvalue weighted by atomic mass is 9.97. The van der Waals surface area contributed by atoms with E-state index < -0.39 is 15.9 Å². The SMILES string of the molecule is CC(C)c1nn(-c2cccc(N(C)C)c2)c2nc(C(=O)NS(C)(=O)=O)cc(-c3ccc(N(C)C4CCOCC4)cc3)c12. The van der Waals surface area contributed by atoms with Gasteiger partial charge < -0.3 is 14.5 Å². The molecule has 1 saturated heterocycles. The normalized spacial score (nSPS) is 14.4. The molecule has 0 spiro atoms. The van der Waals surface area contributed by atoms with Crippen LogP contribution in [0.4, 0.5) is 11.4 Å². The number of nitrogens with zero attached hydrogens (tertiary/aromatic N) is 5. The van der Waals surface area contributed by atoms with Crippen LogP contribution in [-0.4, -0.2) is 75.7 Å². The lowest BCUT2D eigenvalue weighted by Crippen LogP contribution is -2.36. The molecule has 2 aromatic carbocycles. The summed E-state index contributed by atoms with van der Waals surface area (Å²) in [5.41, 5.74) is 5.80. The summed E-state index contributed by atoms with van der Waals surface area (Å²) in [5.74, 6) is -0.738. The Balaban J connectivity index is 1.70. The maximum absolute atomic E-state index is 13.1. The van der Waals surface area contributed by atoms with E-state index in [0.29, 0.717) is 11.7 Å². The van der Waals surface area contributed by atoms with Crippen molar-refractivity contribution in [1.82, 2.24) is 19.5 Å². The van der Waals surface area contributed by atoms with Crippen LogP contribution < -0.4 is 14.5 Å². The summed E-state index contributed by atoms with van der Waals surface area (Å²) in [6, 6.07) is 18.2. The molecule has 1 aliphatic heterocycles. The second-order valence-corrected chi connectivity index (χ2v) is 13.1. The summed E-state index contributed by atoms with van der Waals surface area (Å²) in [6.07, 6.45) is 2.91. The van der Waals surface area contributed by atoms with Gasteiger partial charge in [0.15, 0.2) is 5.65 Å². The zero-order chi connectivity index (χ0) is 30.2. The number of fused-ring (bicyclic) bond motifs is 1. The van der Waals surface area contributed by atoms with E-state index in [2.05, 4.69) is 42.6 Å². The minimum atomic E-state index is -3.80. The van der Waals surface area contributed by atoms with E-state index >= 15 is 0 Å². The second-order valence-electron chi connectivity index (χ2n) is 11.3. The minimum Gasteiger partial charge on any atom is -0.381 e. The van der Waals surface area contributed by atoms with Crippen molar-refractivity contribution in [2.24, 2.45) is 0 Å². The van der Waals surface area contributed by atoms with Crippen LogP contribution in [0, 0.1) is 0 Å². The average Bonchev–Trinajstić information content (AvgIpc) is 3.36. The predicted octanol–water partition coefficient (Wildman–Crippen LogP) is 4.58. The lowest BCUT2D eigenvalue weighted by molar-refractivity contribution is 0.0855. The maximum atomic E-state index is 13.1. The highest BCUT2D eigenvalue weighted by atomic mass is 32.2. The molecule has 5 rings (SSSR count). The van der Waals surface area contributed by atoms with E-state index in [0.717, 1.165) is 71.6 Å². The molecule has 0 radical (unpaired) electrons. The van der Waals surface area contributed by atoms with Crippen molar-refractivity contribution >= 4 is 38.3 Å². The van der Waals surface area contributed by atoms with Gasteiger partial charge in [0, 0.05) is 51.8 Å². The van der Waals surface area contributed by atoms with Crippen molar-refractivity contribution in [2.75, 3.05) is 50.4 Å². The number of rotatable bonds is 8. The number of hydrogen-bond acceptors (Lipinski definition) is 8. The van der Waals surface area contributed by atoms with Gasteiger partial charge in [-0.2, -0.15) is 5.10 Å². The highest BCUT2D eigenvalue weighted by Crippen LogP contribution is 2.37. The quantitative estimate of drug-likeness (QED) is 0.318. The van der Waals surface area contributed by atoms with Gasteiger partial charge >= 0.3 is 0 Å². The monoisotopic (exact) mass is 590 g/mol. The number of ether oxygens (including phenoxy) is 1. The molecular formula is C31H38N6O4S. The number of benzene rings is 2. The fourth-order valence-corrected chi connectivity index (χ4v) is 5.79. The predicted molar refractivity (Wildman–Crippen MR) is 167 cm³/mol. The first kappa shape index (κ1) is 29.5. The lowest BCUT2D eigenvalue weighted by Gasteiger charge is -2.33. The molecule has 222 valence electrons. The number of hydrogen-bond donors (Lipinski definition) is 1. The molecule has 1 amide bonds. The molecule has 0 saturated carbocycles. The molecule has 1 aliphatic rings. The Labute approximate surface area is 247 Å². The van der Waals surface area contributed by atoms with Crippen LogP contribution >= 0.6 is 0 Å². The third-order valence-electron chi connectivity index (χ3n) is 7.64. The first-order valence-corrected chi connectivity index (χ1v) is 16.0. The molecule has 0 bridgehead atoms. The molecule has 0 aliphatic carbocycles. The van der Waals surface area contributed by atoms with E-state index in [-0.39, 0.29) is 11.6 Å². The molecule has 4 aromatic rings. The fraction of sp³-hybridized carbons (Fsp3) is 0.387. The number of aromatic nitrogens is 3. The van der Waals surface area contributed by atoms with Gasteiger partial charge in [0.2, 0.25) is 10.0 Å². The molecule has 42 heavy (non-hydrogen) atoms. The molecule has 0 unspecified atom stereocenters. The fourth-order valence-electron chi connectivity index (χ4n) is 5.35. The standard InChI is InChI=1S/C31H38N6O4S/c1-20(2)29-28-26(21-10-12-22(13-11-21)36(5)23-14-16-41-17-15-23)19-27(31(38)34-42(6,39)40)32-30(28)37(33-29)25-9-7-8-24(18-25)35(3)4/h7-13,18-20,23H,14-17H2,1-6H3,(H,34,38). The summed E-state index contributed by atoms with van der Waals surface area (Å²) >= 11 is 0. The van der Waals surface area contributed by atoms with E-state index in [1.54, 1.807) is 10.7 Å². The van der Waals surface area contributed by atoms with Crippen LogP contribution in [0.2, 0.25) is 0 Å². The number of amides is 1. The van der Waals surface area contributed by atoms with Crippen molar-refractivity contribution in [3.8, 4) is 16.8 Å². The summed E-state index contributed by atoms with van der Waals surface area (Å²) in [7, 11) is 2.24. The van der Waals surface area contributed by atoms with Crippen molar-refractivity contribution in [1.29, 1.82) is 0 Å². The van der Waals surface area contributed by atoms with E-state index in [9.17, 15) is 13.2 Å². The molecule has 1 N–H and O–H groups in total. The highest BCUT2D eigenvalue weighted by molar-refractivity contribution is 7.89. The number of pyridine rings is 1. The largest absolute Gasteiger partial charge is 0.381 e. The van der Waals surface area contributed by atoms with Crippen LogP contribution in [0.5, 0.6) is 0 Å². The molecule has 11 heteroatoms. The molecule has 0 atom stereocenters. The zero-order valence-electron chi connectivity index (χ0n) is 25.0. The Morgan fingerprint density at radius 1 is 1.02 bits per heavy atom. The first-order chi connectivity index (χ1) is 19.9. The number of anilines is 2. The summed E-state index contributed by atoms with van der Waals surface area (Å²) in [5, 5.41) is 5.81. The Bertz CT molecular complexity index is 1710. The second kappa shape index (κ2) is 11.7. The van der Waals surface area contributed by atoms with Crippen LogP contribution in [0.25, 0.3) is 27.8 Å². The summed E-state index contributed by atoms with van der Waals surface area (Å²) in [6.45, 7) is 5.67. The topological polar surface area (TPSA) is 110 Å². The van der Waals surface area contributed by atoms with Crippen LogP contribution in [0.15, 0.2) is 54.6 Å². The van der Waals surface area contributed by atoms with E-state index in [1.807, 2.05) is 55.4 Å². The van der Waals surface area contributed by atoms with Gasteiger partial charge in [0.25, 0.3) is 5.91 Å². The van der Waals surface area contributed by atoms with Gasteiger partial charge in [-0.1, -0.05) is 32.0 Å². The van der Waals surface area contributed by atoms with Gasteiger partial charge in [0.05, 0.1) is 23.0 Å². The van der Waals surface area contributed by atoms with Crippen LogP contribution in [0.3, 0.4) is 0 Å². The third-order valence-corrected chi connectivity index (χ3v) is 8.19. The van der Waals surface area contributed by atoms with Gasteiger partial charge in [-0.15, -0.1) is 0 Å².